The molecule has 3 aromatic heterocycles. The molecular formula is C19H14ClN3O2S. The van der Waals surface area contributed by atoms with E-state index in [0.717, 1.165) is 21.5 Å². The molecule has 0 aliphatic carbocycles. The number of aryl methyl sites for hydroxylation is 2. The predicted octanol–water partition coefficient (Wildman–Crippen LogP) is 5.47. The third-order valence-electron chi connectivity index (χ3n) is 4.00. The summed E-state index contributed by atoms with van der Waals surface area (Å²) in [4.78, 5) is 23.2. The Bertz CT molecular complexity index is 1120. The third-order valence-corrected chi connectivity index (χ3v) is 5.42. The Hall–Kier alpha value is -2.70. The topological polar surface area (TPSA) is 68.0 Å². The number of anilines is 1. The van der Waals surface area contributed by atoms with E-state index >= 15 is 0 Å². The Kier molecular flexibility index (Phi) is 4.22. The van der Waals surface area contributed by atoms with Crippen LogP contribution in [0, 0.1) is 13.8 Å². The fourth-order valence-electron chi connectivity index (χ4n) is 2.83. The molecule has 0 bridgehead atoms. The quantitative estimate of drug-likeness (QED) is 0.509. The highest BCUT2D eigenvalue weighted by atomic mass is 35.5. The maximum absolute atomic E-state index is 12.7. The van der Waals surface area contributed by atoms with E-state index in [4.69, 9.17) is 16.0 Å². The number of benzene rings is 1. The van der Waals surface area contributed by atoms with Gasteiger partial charge >= 0.3 is 0 Å². The molecule has 7 heteroatoms. The van der Waals surface area contributed by atoms with Gasteiger partial charge in [-0.15, -0.1) is 11.3 Å². The van der Waals surface area contributed by atoms with Gasteiger partial charge in [-0.3, -0.25) is 4.79 Å². The summed E-state index contributed by atoms with van der Waals surface area (Å²) in [5.74, 6) is 0.931. The van der Waals surface area contributed by atoms with E-state index in [-0.39, 0.29) is 5.91 Å². The smallest absolute Gasteiger partial charge is 0.266 e. The predicted molar refractivity (Wildman–Crippen MR) is 104 cm³/mol. The average molecular weight is 384 g/mol. The van der Waals surface area contributed by atoms with E-state index < -0.39 is 0 Å². The molecule has 1 amide bonds. The first kappa shape index (κ1) is 16.8. The number of halogens is 1. The van der Waals surface area contributed by atoms with Crippen molar-refractivity contribution < 1.29 is 9.21 Å². The molecule has 0 aliphatic heterocycles. The van der Waals surface area contributed by atoms with Gasteiger partial charge in [-0.2, -0.15) is 0 Å². The second-order valence-corrected chi connectivity index (χ2v) is 7.25. The number of hydrogen-bond acceptors (Lipinski definition) is 5. The Balaban J connectivity index is 1.75. The average Bonchev–Trinajstić information content (AvgIpc) is 3.23. The van der Waals surface area contributed by atoms with Crippen LogP contribution >= 0.6 is 22.9 Å². The van der Waals surface area contributed by atoms with E-state index in [1.54, 1.807) is 36.6 Å². The second kappa shape index (κ2) is 6.55. The van der Waals surface area contributed by atoms with E-state index in [1.165, 1.54) is 11.3 Å². The Morgan fingerprint density at radius 1 is 1.19 bits per heavy atom. The Morgan fingerprint density at radius 3 is 2.77 bits per heavy atom. The van der Waals surface area contributed by atoms with Crippen molar-refractivity contribution in [2.24, 2.45) is 0 Å². The zero-order valence-corrected chi connectivity index (χ0v) is 15.6. The number of thiophene rings is 1. The number of aromatic nitrogens is 2. The molecule has 0 saturated carbocycles. The zero-order chi connectivity index (χ0) is 18.3. The van der Waals surface area contributed by atoms with Crippen LogP contribution in [0.25, 0.3) is 21.8 Å². The summed E-state index contributed by atoms with van der Waals surface area (Å²) < 4.78 is 5.39. The number of amides is 1. The van der Waals surface area contributed by atoms with Gasteiger partial charge in [0.05, 0.1) is 16.8 Å². The molecule has 5 nitrogen and oxygen atoms in total. The molecule has 1 N–H and O–H groups in total. The van der Waals surface area contributed by atoms with E-state index in [0.29, 0.717) is 27.2 Å². The SMILES string of the molecule is Cc1nc(-c2ccco2)nc2sc(C(=O)Nc3cccc(Cl)c3)c(C)c12. The first-order valence-corrected chi connectivity index (χ1v) is 9.11. The van der Waals surface area contributed by atoms with Crippen LogP contribution in [-0.2, 0) is 0 Å². The number of carbonyl (C=O) groups is 1. The van der Waals surface area contributed by atoms with Gasteiger partial charge in [0.2, 0.25) is 0 Å². The highest BCUT2D eigenvalue weighted by molar-refractivity contribution is 7.20. The highest BCUT2D eigenvalue weighted by Gasteiger charge is 2.20. The van der Waals surface area contributed by atoms with E-state index in [2.05, 4.69) is 15.3 Å². The van der Waals surface area contributed by atoms with Gasteiger partial charge in [0, 0.05) is 16.1 Å². The van der Waals surface area contributed by atoms with Crippen LogP contribution in [-0.4, -0.2) is 15.9 Å². The molecule has 0 saturated heterocycles. The lowest BCUT2D eigenvalue weighted by Crippen LogP contribution is -2.11. The van der Waals surface area contributed by atoms with Gasteiger partial charge in [-0.05, 0) is 49.7 Å². The molecule has 0 radical (unpaired) electrons. The molecule has 0 unspecified atom stereocenters. The fraction of sp³-hybridized carbons (Fsp3) is 0.105. The molecule has 0 fully saturated rings. The van der Waals surface area contributed by atoms with Gasteiger partial charge in [-0.1, -0.05) is 17.7 Å². The Morgan fingerprint density at radius 2 is 2.04 bits per heavy atom. The minimum absolute atomic E-state index is 0.188. The number of rotatable bonds is 3. The van der Waals surface area contributed by atoms with Gasteiger partial charge in [0.25, 0.3) is 5.91 Å². The van der Waals surface area contributed by atoms with Crippen molar-refractivity contribution in [3.63, 3.8) is 0 Å². The molecule has 1 aromatic carbocycles. The monoisotopic (exact) mass is 383 g/mol. The van der Waals surface area contributed by atoms with E-state index in [9.17, 15) is 4.79 Å². The summed E-state index contributed by atoms with van der Waals surface area (Å²) in [7, 11) is 0. The zero-order valence-electron chi connectivity index (χ0n) is 14.0. The lowest BCUT2D eigenvalue weighted by Gasteiger charge is -2.05. The molecule has 4 rings (SSSR count). The first-order valence-electron chi connectivity index (χ1n) is 7.91. The molecule has 3 heterocycles. The number of nitrogens with one attached hydrogen (secondary N) is 1. The maximum atomic E-state index is 12.7. The van der Waals surface area contributed by atoms with Gasteiger partial charge in [0.1, 0.15) is 4.83 Å². The van der Waals surface area contributed by atoms with Crippen molar-refractivity contribution in [1.29, 1.82) is 0 Å². The summed E-state index contributed by atoms with van der Waals surface area (Å²) in [5, 5.41) is 4.36. The standard InChI is InChI=1S/C19H14ClN3O2S/c1-10-15-11(2)21-17(14-7-4-8-25-14)23-19(15)26-16(10)18(24)22-13-6-3-5-12(20)9-13/h3-9H,1-2H3,(H,22,24). The third kappa shape index (κ3) is 2.98. The van der Waals surface area contributed by atoms with Crippen molar-refractivity contribution in [2.45, 2.75) is 13.8 Å². The van der Waals surface area contributed by atoms with Crippen LogP contribution in [0.1, 0.15) is 20.9 Å². The number of furan rings is 1. The van der Waals surface area contributed by atoms with Crippen molar-refractivity contribution in [3.8, 4) is 11.6 Å². The number of hydrogen-bond donors (Lipinski definition) is 1. The Labute approximate surface area is 158 Å². The van der Waals surface area contributed by atoms with Crippen LogP contribution in [0.4, 0.5) is 5.69 Å². The molecule has 26 heavy (non-hydrogen) atoms. The van der Waals surface area contributed by atoms with Crippen molar-refractivity contribution in [3.05, 3.63) is 63.8 Å². The lowest BCUT2D eigenvalue weighted by molar-refractivity contribution is 0.103. The summed E-state index contributed by atoms with van der Waals surface area (Å²) in [6.45, 7) is 3.82. The second-order valence-electron chi connectivity index (χ2n) is 5.81. The van der Waals surface area contributed by atoms with Gasteiger partial charge < -0.3 is 9.73 Å². The normalized spacial score (nSPS) is 11.0. The van der Waals surface area contributed by atoms with Crippen molar-refractivity contribution in [2.75, 3.05) is 5.32 Å². The van der Waals surface area contributed by atoms with Crippen LogP contribution < -0.4 is 5.32 Å². The van der Waals surface area contributed by atoms with Crippen LogP contribution in [0.3, 0.4) is 0 Å². The number of fused-ring (bicyclic) bond motifs is 1. The molecule has 130 valence electrons. The first-order chi connectivity index (χ1) is 12.5. The summed E-state index contributed by atoms with van der Waals surface area (Å²) >= 11 is 7.32. The number of nitrogens with zero attached hydrogens (tertiary/aromatic N) is 2. The molecule has 0 atom stereocenters. The minimum Gasteiger partial charge on any atom is -0.461 e. The minimum atomic E-state index is -0.188. The van der Waals surface area contributed by atoms with Crippen LogP contribution in [0.15, 0.2) is 47.1 Å². The number of carbonyl (C=O) groups excluding carboxylic acids is 1. The highest BCUT2D eigenvalue weighted by Crippen LogP contribution is 2.33. The van der Waals surface area contributed by atoms with Crippen LogP contribution in [0.2, 0.25) is 5.02 Å². The van der Waals surface area contributed by atoms with Gasteiger partial charge in [0.15, 0.2) is 11.6 Å². The van der Waals surface area contributed by atoms with E-state index in [1.807, 2.05) is 19.9 Å². The summed E-state index contributed by atoms with van der Waals surface area (Å²) in [6.07, 6.45) is 1.59. The maximum Gasteiger partial charge on any atom is 0.266 e. The van der Waals surface area contributed by atoms with Crippen LogP contribution in [0.5, 0.6) is 0 Å². The molecule has 0 aliphatic rings. The van der Waals surface area contributed by atoms with Gasteiger partial charge in [-0.25, -0.2) is 9.97 Å². The molecular weight excluding hydrogens is 370 g/mol. The van der Waals surface area contributed by atoms with Crippen molar-refractivity contribution >= 4 is 44.7 Å². The largest absolute Gasteiger partial charge is 0.461 e. The van der Waals surface area contributed by atoms with Crippen molar-refractivity contribution in [1.82, 2.24) is 9.97 Å². The molecule has 4 aromatic rings. The summed E-state index contributed by atoms with van der Waals surface area (Å²) in [6, 6.07) is 10.7. The fourth-order valence-corrected chi connectivity index (χ4v) is 4.14. The molecule has 0 spiro atoms. The lowest BCUT2D eigenvalue weighted by atomic mass is 10.1. The summed E-state index contributed by atoms with van der Waals surface area (Å²) in [5.41, 5.74) is 2.34.